The molecule has 10 heteroatoms. The van der Waals surface area contributed by atoms with Crippen molar-refractivity contribution in [3.63, 3.8) is 0 Å². The zero-order valence-electron chi connectivity index (χ0n) is 17.7. The average Bonchev–Trinajstić information content (AvgIpc) is 3.30. The molecule has 0 atom stereocenters. The summed E-state index contributed by atoms with van der Waals surface area (Å²) in [5, 5.41) is 11.7. The topological polar surface area (TPSA) is 84.4 Å². The molecule has 1 aliphatic heterocycles. The van der Waals surface area contributed by atoms with Gasteiger partial charge in [0.25, 0.3) is 5.91 Å². The lowest BCUT2D eigenvalue weighted by atomic mass is 9.97. The number of para-hydroxylation sites is 1. The van der Waals surface area contributed by atoms with Gasteiger partial charge >= 0.3 is 0 Å². The highest BCUT2D eigenvalue weighted by atomic mass is 32.2. The van der Waals surface area contributed by atoms with E-state index in [4.69, 9.17) is 17.0 Å². The van der Waals surface area contributed by atoms with E-state index < -0.39 is 0 Å². The average molecular weight is 489 g/mol. The number of aryl methyl sites for hydroxylation is 1. The number of rotatable bonds is 7. The van der Waals surface area contributed by atoms with Crippen LogP contribution in [0.5, 0.6) is 5.75 Å². The quantitative estimate of drug-likeness (QED) is 0.443. The molecule has 1 N–H and O–H groups in total. The Labute approximate surface area is 200 Å². The molecular weight excluding hydrogens is 464 g/mol. The van der Waals surface area contributed by atoms with E-state index in [1.807, 2.05) is 37.3 Å². The minimum Gasteiger partial charge on any atom is -0.490 e. The molecule has 1 aromatic heterocycles. The summed E-state index contributed by atoms with van der Waals surface area (Å²) in [6.45, 7) is 2.03. The molecule has 0 bridgehead atoms. The van der Waals surface area contributed by atoms with Gasteiger partial charge in [0.1, 0.15) is 15.1 Å². The maximum atomic E-state index is 13.0. The summed E-state index contributed by atoms with van der Waals surface area (Å²) < 4.78 is 6.70. The summed E-state index contributed by atoms with van der Waals surface area (Å²) in [5.74, 6) is 0.369. The Kier molecular flexibility index (Phi) is 7.54. The molecule has 0 radical (unpaired) electrons. The first-order valence-corrected chi connectivity index (χ1v) is 12.6. The van der Waals surface area contributed by atoms with Crippen LogP contribution in [0.1, 0.15) is 49.1 Å². The van der Waals surface area contributed by atoms with Crippen molar-refractivity contribution in [1.82, 2.24) is 15.1 Å². The van der Waals surface area contributed by atoms with Gasteiger partial charge in [-0.2, -0.15) is 0 Å². The third kappa shape index (κ3) is 5.73. The van der Waals surface area contributed by atoms with E-state index in [0.717, 1.165) is 29.2 Å². The molecule has 7 nitrogen and oxygen atoms in total. The van der Waals surface area contributed by atoms with Crippen molar-refractivity contribution in [3.8, 4) is 5.75 Å². The minimum absolute atomic E-state index is 0.125. The van der Waals surface area contributed by atoms with Crippen LogP contribution >= 0.6 is 35.3 Å². The van der Waals surface area contributed by atoms with Crippen LogP contribution in [-0.4, -0.2) is 43.9 Å². The first-order chi connectivity index (χ1) is 15.5. The second-order valence-corrected chi connectivity index (χ2v) is 10.5. The number of nitrogens with one attached hydrogen (secondary N) is 1. The summed E-state index contributed by atoms with van der Waals surface area (Å²) in [5.41, 5.74) is 0.864. The van der Waals surface area contributed by atoms with Gasteiger partial charge < -0.3 is 10.1 Å². The lowest BCUT2D eigenvalue weighted by molar-refractivity contribution is -0.122. The summed E-state index contributed by atoms with van der Waals surface area (Å²) in [6, 6.07) is 7.77. The van der Waals surface area contributed by atoms with Crippen LogP contribution < -0.4 is 10.1 Å². The Morgan fingerprint density at radius 3 is 2.81 bits per heavy atom. The Balaban J connectivity index is 1.39. The molecule has 0 unspecified atom stereocenters. The smallest absolute Gasteiger partial charge is 0.266 e. The molecule has 1 saturated heterocycles. The van der Waals surface area contributed by atoms with Gasteiger partial charge in [-0.05, 0) is 44.7 Å². The van der Waals surface area contributed by atoms with Crippen LogP contribution in [-0.2, 0) is 9.59 Å². The molecule has 2 fully saturated rings. The number of thioether (sulfide) groups is 1. The zero-order valence-corrected chi connectivity index (χ0v) is 20.2. The van der Waals surface area contributed by atoms with Crippen LogP contribution in [0.25, 0.3) is 6.08 Å². The Hall–Kier alpha value is -2.30. The molecule has 4 rings (SSSR count). The second-order valence-electron chi connectivity index (χ2n) is 7.67. The van der Waals surface area contributed by atoms with Crippen LogP contribution in [0.2, 0.25) is 0 Å². The standard InChI is InChI=1S/C22H24N4O3S3/c1-14-24-25-21(31-14)23-19(27)11-12-26-20(28)18(32-22(26)30)13-15-7-5-6-10-17(15)29-16-8-3-2-4-9-16/h5-7,10,13,16H,2-4,8-9,11-12H2,1H3,(H,23,25,27)/b18-13-. The Morgan fingerprint density at radius 2 is 2.06 bits per heavy atom. The van der Waals surface area contributed by atoms with Gasteiger partial charge in [-0.25, -0.2) is 0 Å². The van der Waals surface area contributed by atoms with Crippen LogP contribution in [0.4, 0.5) is 5.13 Å². The third-order valence-electron chi connectivity index (χ3n) is 5.26. The SMILES string of the molecule is Cc1nnc(NC(=O)CCN2C(=O)/C(=C/c3ccccc3OC3CCCCC3)SC2=S)s1. The van der Waals surface area contributed by atoms with Gasteiger partial charge in [-0.3, -0.25) is 14.5 Å². The number of hydrogen-bond acceptors (Lipinski definition) is 8. The van der Waals surface area contributed by atoms with Gasteiger partial charge in [0, 0.05) is 18.5 Å². The van der Waals surface area contributed by atoms with E-state index in [9.17, 15) is 9.59 Å². The van der Waals surface area contributed by atoms with Crippen LogP contribution in [0.3, 0.4) is 0 Å². The number of thiocarbonyl (C=S) groups is 1. The van der Waals surface area contributed by atoms with Crippen molar-refractivity contribution in [2.24, 2.45) is 0 Å². The maximum absolute atomic E-state index is 13.0. The first-order valence-electron chi connectivity index (χ1n) is 10.6. The van der Waals surface area contributed by atoms with Crippen molar-refractivity contribution >= 4 is 62.7 Å². The molecular formula is C22H24N4O3S3. The van der Waals surface area contributed by atoms with E-state index in [1.54, 1.807) is 0 Å². The largest absolute Gasteiger partial charge is 0.490 e. The molecule has 1 aromatic carbocycles. The number of nitrogens with zero attached hydrogens (tertiary/aromatic N) is 3. The molecule has 1 aliphatic carbocycles. The van der Waals surface area contributed by atoms with E-state index in [0.29, 0.717) is 14.4 Å². The summed E-state index contributed by atoms with van der Waals surface area (Å²) >= 11 is 7.96. The second kappa shape index (κ2) is 10.5. The van der Waals surface area contributed by atoms with Crippen molar-refractivity contribution in [1.29, 1.82) is 0 Å². The number of carbonyl (C=O) groups is 2. The number of anilines is 1. The fourth-order valence-electron chi connectivity index (χ4n) is 3.65. The van der Waals surface area contributed by atoms with Gasteiger partial charge in [-0.1, -0.05) is 59.9 Å². The van der Waals surface area contributed by atoms with Crippen LogP contribution in [0.15, 0.2) is 29.2 Å². The Bertz CT molecular complexity index is 1050. The van der Waals surface area contributed by atoms with Crippen LogP contribution in [0, 0.1) is 6.92 Å². The van der Waals surface area contributed by atoms with Gasteiger partial charge in [0.2, 0.25) is 11.0 Å². The summed E-state index contributed by atoms with van der Waals surface area (Å²) in [7, 11) is 0. The number of amides is 2. The predicted molar refractivity (Wildman–Crippen MR) is 132 cm³/mol. The van der Waals surface area contributed by atoms with Gasteiger partial charge in [-0.15, -0.1) is 10.2 Å². The molecule has 1 saturated carbocycles. The van der Waals surface area contributed by atoms with Gasteiger partial charge in [0.15, 0.2) is 0 Å². The molecule has 2 aromatic rings. The highest BCUT2D eigenvalue weighted by Crippen LogP contribution is 2.35. The molecule has 2 aliphatic rings. The highest BCUT2D eigenvalue weighted by molar-refractivity contribution is 8.26. The number of hydrogen-bond donors (Lipinski definition) is 1. The van der Waals surface area contributed by atoms with Crippen molar-refractivity contribution in [2.75, 3.05) is 11.9 Å². The van der Waals surface area contributed by atoms with E-state index in [1.165, 1.54) is 47.3 Å². The van der Waals surface area contributed by atoms with Gasteiger partial charge in [0.05, 0.1) is 11.0 Å². The normalized spacial score (nSPS) is 18.4. The van der Waals surface area contributed by atoms with E-state index in [-0.39, 0.29) is 30.9 Å². The number of ether oxygens (including phenoxy) is 1. The molecule has 2 amide bonds. The predicted octanol–water partition coefficient (Wildman–Crippen LogP) is 4.79. The van der Waals surface area contributed by atoms with Crippen molar-refractivity contribution in [3.05, 3.63) is 39.7 Å². The summed E-state index contributed by atoms with van der Waals surface area (Å²) in [6.07, 6.45) is 7.96. The van der Waals surface area contributed by atoms with Crippen molar-refractivity contribution in [2.45, 2.75) is 51.6 Å². The highest BCUT2D eigenvalue weighted by Gasteiger charge is 2.32. The Morgan fingerprint density at radius 1 is 1.28 bits per heavy atom. The molecule has 0 spiro atoms. The lowest BCUT2D eigenvalue weighted by Crippen LogP contribution is -2.31. The monoisotopic (exact) mass is 488 g/mol. The maximum Gasteiger partial charge on any atom is 0.266 e. The molecule has 2 heterocycles. The molecule has 32 heavy (non-hydrogen) atoms. The van der Waals surface area contributed by atoms with E-state index in [2.05, 4.69) is 15.5 Å². The van der Waals surface area contributed by atoms with E-state index >= 15 is 0 Å². The zero-order chi connectivity index (χ0) is 22.5. The lowest BCUT2D eigenvalue weighted by Gasteiger charge is -2.23. The first kappa shape index (κ1) is 22.9. The molecule has 168 valence electrons. The third-order valence-corrected chi connectivity index (χ3v) is 7.39. The fourth-order valence-corrected chi connectivity index (χ4v) is 5.55. The number of aromatic nitrogens is 2. The summed E-state index contributed by atoms with van der Waals surface area (Å²) in [4.78, 5) is 27.2. The minimum atomic E-state index is -0.231. The fraction of sp³-hybridized carbons (Fsp3) is 0.409. The van der Waals surface area contributed by atoms with Crippen molar-refractivity contribution < 1.29 is 14.3 Å². The number of benzene rings is 1. The number of carbonyl (C=O) groups excluding carboxylic acids is 2.